The molecule has 114 valence electrons. The molecule has 1 N–H and O–H groups in total. The Kier molecular flexibility index (Phi) is 2.59. The van der Waals surface area contributed by atoms with Crippen LogP contribution >= 0.6 is 0 Å². The molecule has 1 spiro atoms. The lowest BCUT2D eigenvalue weighted by atomic mass is 9.52. The van der Waals surface area contributed by atoms with Crippen molar-refractivity contribution < 1.29 is 9.84 Å². The van der Waals surface area contributed by atoms with Gasteiger partial charge in [-0.1, -0.05) is 20.8 Å². The topological polar surface area (TPSA) is 29.5 Å². The molecule has 0 aromatic rings. The van der Waals surface area contributed by atoms with Gasteiger partial charge in [-0.05, 0) is 74.0 Å². The zero-order chi connectivity index (χ0) is 14.2. The van der Waals surface area contributed by atoms with E-state index in [2.05, 4.69) is 20.8 Å². The highest BCUT2D eigenvalue weighted by molar-refractivity contribution is 5.21. The fraction of sp³-hybridized carbons (Fsp3) is 1.00. The first-order valence-electron chi connectivity index (χ1n) is 8.69. The van der Waals surface area contributed by atoms with E-state index < -0.39 is 5.60 Å². The molecule has 4 atom stereocenters. The number of hydrogen-bond acceptors (Lipinski definition) is 2. The summed E-state index contributed by atoms with van der Waals surface area (Å²) in [5.41, 5.74) is -0.108. The van der Waals surface area contributed by atoms with Crippen molar-refractivity contribution in [3.8, 4) is 0 Å². The summed E-state index contributed by atoms with van der Waals surface area (Å²) < 4.78 is 6.11. The molecule has 1 aliphatic heterocycles. The molecular weight excluding hydrogens is 248 g/mol. The number of fused-ring (bicyclic) bond motifs is 2. The number of hydrogen-bond donors (Lipinski definition) is 1. The van der Waals surface area contributed by atoms with Crippen molar-refractivity contribution in [2.45, 2.75) is 83.3 Å². The Morgan fingerprint density at radius 2 is 1.70 bits per heavy atom. The Hall–Kier alpha value is -0.0800. The van der Waals surface area contributed by atoms with E-state index in [1.807, 2.05) is 0 Å². The molecule has 0 aromatic heterocycles. The normalized spacial score (nSPS) is 52.2. The summed E-state index contributed by atoms with van der Waals surface area (Å²) in [5.74, 6) is 1.17. The van der Waals surface area contributed by atoms with Gasteiger partial charge in [-0.15, -0.1) is 0 Å². The summed E-state index contributed by atoms with van der Waals surface area (Å²) in [4.78, 5) is 0. The maximum absolute atomic E-state index is 11.9. The smallest absolute Gasteiger partial charge is 0.0784 e. The largest absolute Gasteiger partial charge is 0.388 e. The third-order valence-electron chi connectivity index (χ3n) is 8.01. The molecule has 1 heterocycles. The van der Waals surface area contributed by atoms with Crippen molar-refractivity contribution in [3.05, 3.63) is 0 Å². The van der Waals surface area contributed by atoms with E-state index in [1.54, 1.807) is 0 Å². The van der Waals surface area contributed by atoms with Gasteiger partial charge in [-0.3, -0.25) is 0 Å². The van der Waals surface area contributed by atoms with Crippen molar-refractivity contribution in [2.75, 3.05) is 6.61 Å². The minimum absolute atomic E-state index is 0.0763. The molecule has 4 rings (SSSR count). The summed E-state index contributed by atoms with van der Waals surface area (Å²) in [5, 5.41) is 11.9. The predicted octanol–water partition coefficient (Wildman–Crippen LogP) is 3.91. The van der Waals surface area contributed by atoms with Crippen molar-refractivity contribution >= 4 is 0 Å². The van der Waals surface area contributed by atoms with Gasteiger partial charge in [0, 0.05) is 6.61 Å². The van der Waals surface area contributed by atoms with Crippen LogP contribution in [0.4, 0.5) is 0 Å². The standard InChI is InChI=1S/C18H30O2/c1-15(2)13-5-9-16(3,11-13)18(15,19)14-6-10-20-17(12-14)7-4-8-17/h13-14,19H,4-12H2,1-3H3. The first-order chi connectivity index (χ1) is 9.33. The lowest BCUT2D eigenvalue weighted by Gasteiger charge is -2.59. The second kappa shape index (κ2) is 3.81. The van der Waals surface area contributed by atoms with E-state index in [-0.39, 0.29) is 16.4 Å². The van der Waals surface area contributed by atoms with Gasteiger partial charge in [-0.2, -0.15) is 0 Å². The quantitative estimate of drug-likeness (QED) is 0.788. The number of rotatable bonds is 1. The highest BCUT2D eigenvalue weighted by atomic mass is 16.5. The summed E-state index contributed by atoms with van der Waals surface area (Å²) in [7, 11) is 0. The van der Waals surface area contributed by atoms with E-state index in [1.165, 1.54) is 38.5 Å². The SMILES string of the molecule is CC12CCC(C1)C(C)(C)C2(O)C1CCOC2(CCC2)C1. The average Bonchev–Trinajstić information content (AvgIpc) is 2.85. The van der Waals surface area contributed by atoms with Gasteiger partial charge < -0.3 is 9.84 Å². The van der Waals surface area contributed by atoms with Gasteiger partial charge in [0.2, 0.25) is 0 Å². The zero-order valence-corrected chi connectivity index (χ0v) is 13.4. The van der Waals surface area contributed by atoms with Crippen LogP contribution in [0.3, 0.4) is 0 Å². The Balaban J connectivity index is 1.69. The van der Waals surface area contributed by atoms with E-state index in [9.17, 15) is 5.11 Å². The summed E-state index contributed by atoms with van der Waals surface area (Å²) in [6, 6.07) is 0. The minimum atomic E-state index is -0.477. The molecule has 0 amide bonds. The fourth-order valence-electron chi connectivity index (χ4n) is 6.61. The molecule has 3 saturated carbocycles. The molecular formula is C18H30O2. The van der Waals surface area contributed by atoms with Crippen LogP contribution in [0, 0.1) is 22.7 Å². The molecule has 20 heavy (non-hydrogen) atoms. The van der Waals surface area contributed by atoms with Crippen molar-refractivity contribution in [1.29, 1.82) is 0 Å². The van der Waals surface area contributed by atoms with Crippen LogP contribution < -0.4 is 0 Å². The van der Waals surface area contributed by atoms with Crippen LogP contribution in [0.15, 0.2) is 0 Å². The van der Waals surface area contributed by atoms with Crippen LogP contribution in [0.2, 0.25) is 0 Å². The predicted molar refractivity (Wildman–Crippen MR) is 79.4 cm³/mol. The molecule has 3 aliphatic carbocycles. The van der Waals surface area contributed by atoms with E-state index >= 15 is 0 Å². The zero-order valence-electron chi connectivity index (χ0n) is 13.4. The number of aliphatic hydroxyl groups is 1. The van der Waals surface area contributed by atoms with Crippen molar-refractivity contribution in [1.82, 2.24) is 0 Å². The Labute approximate surface area is 123 Å². The minimum Gasteiger partial charge on any atom is -0.388 e. The molecule has 4 unspecified atom stereocenters. The molecule has 0 radical (unpaired) electrons. The maximum Gasteiger partial charge on any atom is 0.0784 e. The molecule has 2 nitrogen and oxygen atoms in total. The molecule has 1 saturated heterocycles. The first-order valence-corrected chi connectivity index (χ1v) is 8.69. The number of ether oxygens (including phenoxy) is 1. The van der Waals surface area contributed by atoms with Gasteiger partial charge >= 0.3 is 0 Å². The van der Waals surface area contributed by atoms with E-state index in [0.717, 1.165) is 25.4 Å². The van der Waals surface area contributed by atoms with Crippen LogP contribution in [0.25, 0.3) is 0 Å². The monoisotopic (exact) mass is 278 g/mol. The van der Waals surface area contributed by atoms with Gasteiger partial charge in [0.1, 0.15) is 0 Å². The van der Waals surface area contributed by atoms with Crippen LogP contribution in [-0.4, -0.2) is 22.9 Å². The molecule has 4 aliphatic rings. The summed E-state index contributed by atoms with van der Waals surface area (Å²) >= 11 is 0. The van der Waals surface area contributed by atoms with Crippen molar-refractivity contribution in [3.63, 3.8) is 0 Å². The second-order valence-electron chi connectivity index (χ2n) is 9.06. The van der Waals surface area contributed by atoms with Gasteiger partial charge in [0.25, 0.3) is 0 Å². The van der Waals surface area contributed by atoms with Crippen LogP contribution in [0.5, 0.6) is 0 Å². The van der Waals surface area contributed by atoms with Gasteiger partial charge in [0.05, 0.1) is 11.2 Å². The van der Waals surface area contributed by atoms with Gasteiger partial charge in [-0.25, -0.2) is 0 Å². The van der Waals surface area contributed by atoms with Crippen molar-refractivity contribution in [2.24, 2.45) is 22.7 Å². The second-order valence-corrected chi connectivity index (χ2v) is 9.06. The summed E-state index contributed by atoms with van der Waals surface area (Å²) in [6.45, 7) is 7.91. The van der Waals surface area contributed by atoms with E-state index in [0.29, 0.717) is 5.92 Å². The highest BCUT2D eigenvalue weighted by Gasteiger charge is 2.71. The highest BCUT2D eigenvalue weighted by Crippen LogP contribution is 2.71. The Bertz CT molecular complexity index is 418. The Morgan fingerprint density at radius 3 is 2.25 bits per heavy atom. The fourth-order valence-corrected chi connectivity index (χ4v) is 6.61. The lowest BCUT2D eigenvalue weighted by Crippen LogP contribution is -2.62. The van der Waals surface area contributed by atoms with Gasteiger partial charge in [0.15, 0.2) is 0 Å². The third kappa shape index (κ3) is 1.38. The molecule has 2 bridgehead atoms. The molecule has 0 aromatic carbocycles. The maximum atomic E-state index is 11.9. The molecule has 4 fully saturated rings. The first kappa shape index (κ1) is 13.6. The van der Waals surface area contributed by atoms with Crippen LogP contribution in [-0.2, 0) is 4.74 Å². The van der Waals surface area contributed by atoms with E-state index in [4.69, 9.17) is 4.74 Å². The third-order valence-corrected chi connectivity index (χ3v) is 8.01. The summed E-state index contributed by atoms with van der Waals surface area (Å²) in [6.07, 6.45) is 9.71. The van der Waals surface area contributed by atoms with Crippen LogP contribution in [0.1, 0.15) is 72.1 Å². The molecule has 2 heteroatoms. The lowest BCUT2D eigenvalue weighted by molar-refractivity contribution is -0.231. The average molecular weight is 278 g/mol. The Morgan fingerprint density at radius 1 is 0.950 bits per heavy atom.